The standard InChI is InChI=1S/C16H14BrFN2O/c1-21-16-5-2-11(8-19)6-13(16)10-20-9-12-7-14(18)3-4-15(12)17/h2-7,20H,9-10H2,1H3. The van der Waals surface area contributed by atoms with Gasteiger partial charge in [-0.05, 0) is 42.0 Å². The lowest BCUT2D eigenvalue weighted by Crippen LogP contribution is -2.14. The molecule has 5 heteroatoms. The first-order valence-electron chi connectivity index (χ1n) is 6.35. The highest BCUT2D eigenvalue weighted by molar-refractivity contribution is 9.10. The van der Waals surface area contributed by atoms with Gasteiger partial charge in [-0.15, -0.1) is 0 Å². The Bertz CT molecular complexity index is 682. The van der Waals surface area contributed by atoms with Crippen LogP contribution >= 0.6 is 15.9 Å². The summed E-state index contributed by atoms with van der Waals surface area (Å²) >= 11 is 3.39. The lowest BCUT2D eigenvalue weighted by atomic mass is 10.1. The van der Waals surface area contributed by atoms with Crippen LogP contribution in [0.4, 0.5) is 4.39 Å². The van der Waals surface area contributed by atoms with E-state index in [0.717, 1.165) is 21.3 Å². The van der Waals surface area contributed by atoms with Gasteiger partial charge in [-0.1, -0.05) is 15.9 Å². The first-order valence-corrected chi connectivity index (χ1v) is 7.15. The van der Waals surface area contributed by atoms with Gasteiger partial charge in [0.15, 0.2) is 0 Å². The molecule has 0 saturated heterocycles. The van der Waals surface area contributed by atoms with Crippen LogP contribution in [0.15, 0.2) is 40.9 Å². The Morgan fingerprint density at radius 3 is 2.67 bits per heavy atom. The van der Waals surface area contributed by atoms with E-state index >= 15 is 0 Å². The van der Waals surface area contributed by atoms with Crippen molar-refractivity contribution in [3.05, 3.63) is 63.4 Å². The van der Waals surface area contributed by atoms with Gasteiger partial charge in [0.2, 0.25) is 0 Å². The molecule has 2 aromatic carbocycles. The van der Waals surface area contributed by atoms with Crippen LogP contribution in [0.2, 0.25) is 0 Å². The van der Waals surface area contributed by atoms with Crippen LogP contribution in [0, 0.1) is 17.1 Å². The first-order chi connectivity index (χ1) is 10.1. The van der Waals surface area contributed by atoms with Crippen LogP contribution in [-0.2, 0) is 13.1 Å². The quantitative estimate of drug-likeness (QED) is 0.894. The number of nitriles is 1. The van der Waals surface area contributed by atoms with E-state index in [-0.39, 0.29) is 5.82 Å². The van der Waals surface area contributed by atoms with Crippen LogP contribution in [0.25, 0.3) is 0 Å². The molecule has 0 aromatic heterocycles. The molecule has 0 aliphatic heterocycles. The molecule has 3 nitrogen and oxygen atoms in total. The van der Waals surface area contributed by atoms with Gasteiger partial charge in [0.05, 0.1) is 18.7 Å². The maximum atomic E-state index is 13.2. The summed E-state index contributed by atoms with van der Waals surface area (Å²) in [6, 6.07) is 12.0. The van der Waals surface area contributed by atoms with Gasteiger partial charge in [0, 0.05) is 23.1 Å². The maximum absolute atomic E-state index is 13.2. The smallest absolute Gasteiger partial charge is 0.123 e. The summed E-state index contributed by atoms with van der Waals surface area (Å²) in [5.41, 5.74) is 2.31. The van der Waals surface area contributed by atoms with E-state index in [2.05, 4.69) is 27.3 Å². The SMILES string of the molecule is COc1ccc(C#N)cc1CNCc1cc(F)ccc1Br. The number of halogens is 2. The van der Waals surface area contributed by atoms with Crippen LogP contribution in [0.5, 0.6) is 5.75 Å². The fourth-order valence-corrected chi connectivity index (χ4v) is 2.38. The van der Waals surface area contributed by atoms with Crippen LogP contribution in [0.1, 0.15) is 16.7 Å². The predicted octanol–water partition coefficient (Wildman–Crippen LogP) is 3.76. The molecule has 0 spiro atoms. The van der Waals surface area contributed by atoms with Crippen molar-refractivity contribution in [1.82, 2.24) is 5.32 Å². The fraction of sp³-hybridized carbons (Fsp3) is 0.188. The Balaban J connectivity index is 2.06. The second kappa shape index (κ2) is 7.21. The van der Waals surface area contributed by atoms with E-state index in [1.54, 1.807) is 31.4 Å². The summed E-state index contributed by atoms with van der Waals surface area (Å²) in [5, 5.41) is 12.2. The molecule has 0 fully saturated rings. The highest BCUT2D eigenvalue weighted by Gasteiger charge is 2.06. The zero-order valence-corrected chi connectivity index (χ0v) is 13.1. The summed E-state index contributed by atoms with van der Waals surface area (Å²) in [4.78, 5) is 0. The van der Waals surface area contributed by atoms with E-state index in [9.17, 15) is 4.39 Å². The van der Waals surface area contributed by atoms with E-state index in [4.69, 9.17) is 10.00 Å². The molecule has 0 atom stereocenters. The number of nitrogens with one attached hydrogen (secondary N) is 1. The summed E-state index contributed by atoms with van der Waals surface area (Å²) in [5.74, 6) is 0.457. The molecule has 0 radical (unpaired) electrons. The van der Waals surface area contributed by atoms with Crippen molar-refractivity contribution in [2.24, 2.45) is 0 Å². The van der Waals surface area contributed by atoms with Crippen molar-refractivity contribution in [3.8, 4) is 11.8 Å². The Morgan fingerprint density at radius 1 is 1.19 bits per heavy atom. The van der Waals surface area contributed by atoms with Crippen molar-refractivity contribution in [1.29, 1.82) is 5.26 Å². The van der Waals surface area contributed by atoms with Gasteiger partial charge in [-0.25, -0.2) is 4.39 Å². The number of ether oxygens (including phenoxy) is 1. The van der Waals surface area contributed by atoms with E-state index in [1.165, 1.54) is 12.1 Å². The maximum Gasteiger partial charge on any atom is 0.123 e. The molecule has 2 aromatic rings. The van der Waals surface area contributed by atoms with Crippen molar-refractivity contribution in [3.63, 3.8) is 0 Å². The third kappa shape index (κ3) is 4.03. The van der Waals surface area contributed by atoms with Gasteiger partial charge in [0.25, 0.3) is 0 Å². The highest BCUT2D eigenvalue weighted by Crippen LogP contribution is 2.21. The molecule has 0 heterocycles. The second-order valence-electron chi connectivity index (χ2n) is 4.48. The minimum absolute atomic E-state index is 0.265. The molecular weight excluding hydrogens is 335 g/mol. The molecule has 0 saturated carbocycles. The zero-order chi connectivity index (χ0) is 15.2. The molecule has 0 bridgehead atoms. The molecule has 0 amide bonds. The topological polar surface area (TPSA) is 45.0 Å². The van der Waals surface area contributed by atoms with Gasteiger partial charge in [0.1, 0.15) is 11.6 Å². The Hall–Kier alpha value is -1.90. The van der Waals surface area contributed by atoms with Gasteiger partial charge in [-0.2, -0.15) is 5.26 Å². The minimum Gasteiger partial charge on any atom is -0.496 e. The van der Waals surface area contributed by atoms with E-state index in [0.29, 0.717) is 18.7 Å². The summed E-state index contributed by atoms with van der Waals surface area (Å²) in [6.45, 7) is 1.04. The highest BCUT2D eigenvalue weighted by atomic mass is 79.9. The third-order valence-corrected chi connectivity index (χ3v) is 3.82. The number of hydrogen-bond acceptors (Lipinski definition) is 3. The Morgan fingerprint density at radius 2 is 1.95 bits per heavy atom. The molecule has 0 aliphatic rings. The average molecular weight is 349 g/mol. The molecular formula is C16H14BrFN2O. The van der Waals surface area contributed by atoms with Crippen molar-refractivity contribution < 1.29 is 9.13 Å². The van der Waals surface area contributed by atoms with E-state index < -0.39 is 0 Å². The average Bonchev–Trinajstić information content (AvgIpc) is 2.50. The van der Waals surface area contributed by atoms with Gasteiger partial charge < -0.3 is 10.1 Å². The molecule has 2 rings (SSSR count). The monoisotopic (exact) mass is 348 g/mol. The number of rotatable bonds is 5. The molecule has 1 N–H and O–H groups in total. The van der Waals surface area contributed by atoms with Crippen molar-refractivity contribution in [2.75, 3.05) is 7.11 Å². The third-order valence-electron chi connectivity index (χ3n) is 3.05. The van der Waals surface area contributed by atoms with Gasteiger partial charge >= 0.3 is 0 Å². The molecule has 0 aliphatic carbocycles. The normalized spacial score (nSPS) is 10.2. The fourth-order valence-electron chi connectivity index (χ4n) is 2.00. The summed E-state index contributed by atoms with van der Waals surface area (Å²) < 4.78 is 19.3. The van der Waals surface area contributed by atoms with Gasteiger partial charge in [-0.3, -0.25) is 0 Å². The summed E-state index contributed by atoms with van der Waals surface area (Å²) in [6.07, 6.45) is 0. The van der Waals surface area contributed by atoms with Crippen LogP contribution < -0.4 is 10.1 Å². The van der Waals surface area contributed by atoms with Crippen LogP contribution in [0.3, 0.4) is 0 Å². The Kier molecular flexibility index (Phi) is 5.32. The lowest BCUT2D eigenvalue weighted by Gasteiger charge is -2.11. The lowest BCUT2D eigenvalue weighted by molar-refractivity contribution is 0.407. The predicted molar refractivity (Wildman–Crippen MR) is 82.4 cm³/mol. The number of benzene rings is 2. The Labute approximate surface area is 131 Å². The summed E-state index contributed by atoms with van der Waals surface area (Å²) in [7, 11) is 1.59. The first kappa shape index (κ1) is 15.5. The van der Waals surface area contributed by atoms with Crippen molar-refractivity contribution in [2.45, 2.75) is 13.1 Å². The molecule has 21 heavy (non-hydrogen) atoms. The minimum atomic E-state index is -0.265. The molecule has 0 unspecified atom stereocenters. The second-order valence-corrected chi connectivity index (χ2v) is 5.33. The number of methoxy groups -OCH3 is 1. The van der Waals surface area contributed by atoms with Crippen LogP contribution in [-0.4, -0.2) is 7.11 Å². The molecule has 108 valence electrons. The van der Waals surface area contributed by atoms with Crippen molar-refractivity contribution >= 4 is 15.9 Å². The van der Waals surface area contributed by atoms with E-state index in [1.807, 2.05) is 0 Å². The largest absolute Gasteiger partial charge is 0.496 e. The zero-order valence-electron chi connectivity index (χ0n) is 11.5. The number of nitrogens with zero attached hydrogens (tertiary/aromatic N) is 1. The number of hydrogen-bond donors (Lipinski definition) is 1.